The van der Waals surface area contributed by atoms with Crippen LogP contribution in [0.2, 0.25) is 0 Å². The van der Waals surface area contributed by atoms with Gasteiger partial charge in [-0.25, -0.2) is 0 Å². The van der Waals surface area contributed by atoms with E-state index < -0.39 is 0 Å². The molecule has 0 aliphatic heterocycles. The lowest BCUT2D eigenvalue weighted by molar-refractivity contribution is 0.232. The molecule has 0 aromatic heterocycles. The molecule has 0 nitrogen and oxygen atoms in total. The van der Waals surface area contributed by atoms with E-state index >= 15 is 0 Å². The summed E-state index contributed by atoms with van der Waals surface area (Å²) in [6.45, 7) is 2.39. The van der Waals surface area contributed by atoms with Crippen LogP contribution in [0.5, 0.6) is 0 Å². The Bertz CT molecular complexity index is 336. The molecule has 1 saturated carbocycles. The van der Waals surface area contributed by atoms with E-state index in [0.29, 0.717) is 5.41 Å². The highest BCUT2D eigenvalue weighted by molar-refractivity contribution is 6.24. The predicted molar refractivity (Wildman–Crippen MR) is 59.8 cm³/mol. The summed E-state index contributed by atoms with van der Waals surface area (Å²) in [5, 5.41) is 0. The van der Waals surface area contributed by atoms with Crippen molar-refractivity contribution in [2.75, 3.05) is 0 Å². The van der Waals surface area contributed by atoms with Crippen molar-refractivity contribution in [1.29, 1.82) is 0 Å². The first-order valence-electron chi connectivity index (χ1n) is 5.43. The molecule has 14 heavy (non-hydrogen) atoms. The van der Waals surface area contributed by atoms with E-state index in [1.165, 1.54) is 24.0 Å². The minimum Gasteiger partial charge on any atom is -0.114 e. The molecular weight excluding hydrogens is 192 g/mol. The van der Waals surface area contributed by atoms with E-state index in [1.807, 2.05) is 0 Å². The molecule has 4 rings (SSSR count). The van der Waals surface area contributed by atoms with Crippen LogP contribution in [0.3, 0.4) is 0 Å². The minimum absolute atomic E-state index is 0.0334. The van der Waals surface area contributed by atoms with Crippen molar-refractivity contribution in [3.63, 3.8) is 0 Å². The van der Waals surface area contributed by atoms with Crippen LogP contribution in [0, 0.1) is 0 Å². The zero-order chi connectivity index (χ0) is 9.81. The van der Waals surface area contributed by atoms with Gasteiger partial charge in [-0.2, -0.15) is 0 Å². The smallest absolute Gasteiger partial charge is 0.0698 e. The Morgan fingerprint density at radius 1 is 1.00 bits per heavy atom. The molecule has 0 radical (unpaired) electrons. The van der Waals surface area contributed by atoms with Crippen LogP contribution in [0.1, 0.15) is 43.7 Å². The van der Waals surface area contributed by atoms with E-state index in [0.717, 1.165) is 12.8 Å². The summed E-state index contributed by atoms with van der Waals surface area (Å²) in [7, 11) is 0. The zero-order valence-electron chi connectivity index (χ0n) is 8.52. The van der Waals surface area contributed by atoms with Gasteiger partial charge in [-0.05, 0) is 42.2 Å². The monoisotopic (exact) mass is 206 g/mol. The van der Waals surface area contributed by atoms with Crippen molar-refractivity contribution >= 4 is 11.6 Å². The van der Waals surface area contributed by atoms with Gasteiger partial charge < -0.3 is 0 Å². The molecule has 0 saturated heterocycles. The van der Waals surface area contributed by atoms with E-state index in [1.54, 1.807) is 0 Å². The second-order valence-corrected chi connectivity index (χ2v) is 5.80. The molecule has 2 bridgehead atoms. The van der Waals surface area contributed by atoms with Gasteiger partial charge >= 0.3 is 0 Å². The van der Waals surface area contributed by atoms with Gasteiger partial charge in [-0.1, -0.05) is 31.2 Å². The van der Waals surface area contributed by atoms with Gasteiger partial charge in [0.05, 0.1) is 4.87 Å². The molecule has 0 N–H and O–H groups in total. The molecule has 0 heterocycles. The van der Waals surface area contributed by atoms with Crippen molar-refractivity contribution in [1.82, 2.24) is 0 Å². The number of rotatable bonds is 0. The number of fused-ring (bicyclic) bond motifs is 2. The highest BCUT2D eigenvalue weighted by Gasteiger charge is 2.48. The van der Waals surface area contributed by atoms with Crippen molar-refractivity contribution < 1.29 is 0 Å². The topological polar surface area (TPSA) is 0 Å². The average Bonchev–Trinajstić information content (AvgIpc) is 2.22. The van der Waals surface area contributed by atoms with Crippen LogP contribution >= 0.6 is 11.6 Å². The minimum atomic E-state index is -0.0334. The summed E-state index contributed by atoms with van der Waals surface area (Å²) in [5.41, 5.74) is 3.32. The summed E-state index contributed by atoms with van der Waals surface area (Å²) >= 11 is 6.69. The number of hydrogen-bond donors (Lipinski definition) is 0. The van der Waals surface area contributed by atoms with Crippen LogP contribution in [0.4, 0.5) is 0 Å². The summed E-state index contributed by atoms with van der Waals surface area (Å²) in [6.07, 6.45) is 4.82. The number of hydrogen-bond acceptors (Lipinski definition) is 0. The van der Waals surface area contributed by atoms with Crippen molar-refractivity contribution in [3.8, 4) is 0 Å². The average molecular weight is 207 g/mol. The van der Waals surface area contributed by atoms with Crippen molar-refractivity contribution in [3.05, 3.63) is 35.4 Å². The molecule has 3 aliphatic rings. The van der Waals surface area contributed by atoms with Gasteiger partial charge in [-0.15, -0.1) is 11.6 Å². The standard InChI is InChI=1S/C13H15Cl/c1-12-6-8-13(14,9-7-12)11-5-3-2-4-10(11)12/h2-5H,6-9H2,1H3. The fourth-order valence-corrected chi connectivity index (χ4v) is 3.49. The Balaban J connectivity index is 2.28. The van der Waals surface area contributed by atoms with Crippen LogP contribution in [0.25, 0.3) is 0 Å². The first-order chi connectivity index (χ1) is 6.64. The zero-order valence-corrected chi connectivity index (χ0v) is 9.27. The molecule has 3 aliphatic carbocycles. The van der Waals surface area contributed by atoms with Gasteiger partial charge in [0.2, 0.25) is 0 Å². The molecule has 0 spiro atoms. The maximum atomic E-state index is 6.69. The SMILES string of the molecule is CC12CCC(Cl)(CC1)c1ccccc12. The predicted octanol–water partition coefficient (Wildman–Crippen LogP) is 3.97. The Morgan fingerprint density at radius 2 is 1.57 bits per heavy atom. The molecule has 1 aromatic carbocycles. The third-order valence-corrected chi connectivity index (χ3v) is 4.79. The quantitative estimate of drug-likeness (QED) is 0.564. The normalized spacial score (nSPS) is 39.6. The largest absolute Gasteiger partial charge is 0.114 e. The molecule has 1 aromatic rings. The third kappa shape index (κ3) is 0.954. The summed E-state index contributed by atoms with van der Waals surface area (Å²) in [5.74, 6) is 0. The number of halogens is 1. The van der Waals surface area contributed by atoms with E-state index in [4.69, 9.17) is 11.6 Å². The van der Waals surface area contributed by atoms with Crippen LogP contribution in [-0.2, 0) is 10.3 Å². The summed E-state index contributed by atoms with van der Waals surface area (Å²) in [6, 6.07) is 8.75. The lowest BCUT2D eigenvalue weighted by Crippen LogP contribution is -2.42. The first-order valence-corrected chi connectivity index (χ1v) is 5.81. The fourth-order valence-electron chi connectivity index (χ4n) is 3.14. The van der Waals surface area contributed by atoms with Gasteiger partial charge in [0.25, 0.3) is 0 Å². The van der Waals surface area contributed by atoms with Gasteiger partial charge in [-0.3, -0.25) is 0 Å². The van der Waals surface area contributed by atoms with Crippen molar-refractivity contribution in [2.24, 2.45) is 0 Å². The molecule has 1 fully saturated rings. The molecule has 0 atom stereocenters. The first kappa shape index (κ1) is 8.79. The van der Waals surface area contributed by atoms with E-state index in [2.05, 4.69) is 31.2 Å². The maximum absolute atomic E-state index is 6.69. The second-order valence-electron chi connectivity index (χ2n) is 5.07. The van der Waals surface area contributed by atoms with Crippen LogP contribution < -0.4 is 0 Å². The van der Waals surface area contributed by atoms with E-state index in [-0.39, 0.29) is 4.87 Å². The van der Waals surface area contributed by atoms with Crippen LogP contribution in [-0.4, -0.2) is 0 Å². The molecular formula is C13H15Cl. The lowest BCUT2D eigenvalue weighted by atomic mass is 9.58. The molecule has 1 heteroatoms. The number of benzene rings is 1. The number of alkyl halides is 1. The highest BCUT2D eigenvalue weighted by Crippen LogP contribution is 2.57. The summed E-state index contributed by atoms with van der Waals surface area (Å²) < 4.78 is 0. The van der Waals surface area contributed by atoms with Gasteiger partial charge in [0.1, 0.15) is 0 Å². The van der Waals surface area contributed by atoms with Gasteiger partial charge in [0, 0.05) is 0 Å². The molecule has 0 amide bonds. The highest BCUT2D eigenvalue weighted by atomic mass is 35.5. The molecule has 0 unspecified atom stereocenters. The second kappa shape index (κ2) is 2.55. The Labute approximate surface area is 90.3 Å². The molecule has 74 valence electrons. The Morgan fingerprint density at radius 3 is 2.14 bits per heavy atom. The lowest BCUT2D eigenvalue weighted by Gasteiger charge is -2.50. The Kier molecular flexibility index (Phi) is 1.60. The van der Waals surface area contributed by atoms with Gasteiger partial charge in [0.15, 0.2) is 0 Å². The Hall–Kier alpha value is -0.490. The van der Waals surface area contributed by atoms with Crippen LogP contribution in [0.15, 0.2) is 24.3 Å². The summed E-state index contributed by atoms with van der Waals surface area (Å²) in [4.78, 5) is -0.0334. The van der Waals surface area contributed by atoms with E-state index in [9.17, 15) is 0 Å². The maximum Gasteiger partial charge on any atom is 0.0698 e. The fraction of sp³-hybridized carbons (Fsp3) is 0.538. The third-order valence-electron chi connectivity index (χ3n) is 4.21. The van der Waals surface area contributed by atoms with Crippen molar-refractivity contribution in [2.45, 2.75) is 42.9 Å².